The first kappa shape index (κ1) is 13.1. The molecule has 0 radical (unpaired) electrons. The van der Waals surface area contributed by atoms with Crippen LogP contribution in [0.15, 0.2) is 24.3 Å². The molecule has 18 heavy (non-hydrogen) atoms. The number of ketones is 1. The van der Waals surface area contributed by atoms with Crippen LogP contribution in [0.25, 0.3) is 0 Å². The Balaban J connectivity index is 2.01. The molecule has 2 rings (SSSR count). The highest BCUT2D eigenvalue weighted by molar-refractivity contribution is 5.79. The van der Waals surface area contributed by atoms with Crippen molar-refractivity contribution in [1.29, 1.82) is 0 Å². The molecule has 1 saturated carbocycles. The van der Waals surface area contributed by atoms with E-state index in [1.165, 1.54) is 5.56 Å². The van der Waals surface area contributed by atoms with Crippen molar-refractivity contribution in [2.45, 2.75) is 38.3 Å². The van der Waals surface area contributed by atoms with Gasteiger partial charge in [-0.1, -0.05) is 18.2 Å². The van der Waals surface area contributed by atoms with Crippen LogP contribution in [0.2, 0.25) is 0 Å². The Morgan fingerprint density at radius 2 is 2.17 bits per heavy atom. The van der Waals surface area contributed by atoms with E-state index in [0.29, 0.717) is 18.2 Å². The van der Waals surface area contributed by atoms with E-state index in [2.05, 4.69) is 18.0 Å². The van der Waals surface area contributed by atoms with Gasteiger partial charge in [0.1, 0.15) is 11.5 Å². The van der Waals surface area contributed by atoms with Gasteiger partial charge in [-0.2, -0.15) is 0 Å². The molecule has 3 heteroatoms. The monoisotopic (exact) mass is 247 g/mol. The summed E-state index contributed by atoms with van der Waals surface area (Å²) in [7, 11) is 3.79. The van der Waals surface area contributed by atoms with Gasteiger partial charge in [0.2, 0.25) is 0 Å². The van der Waals surface area contributed by atoms with E-state index in [1.54, 1.807) is 7.11 Å². The summed E-state index contributed by atoms with van der Waals surface area (Å²) in [4.78, 5) is 13.8. The van der Waals surface area contributed by atoms with E-state index in [4.69, 9.17) is 4.74 Å². The number of methoxy groups -OCH3 is 1. The molecule has 0 heterocycles. The van der Waals surface area contributed by atoms with Crippen molar-refractivity contribution >= 4 is 5.78 Å². The highest BCUT2D eigenvalue weighted by atomic mass is 16.5. The molecule has 3 nitrogen and oxygen atoms in total. The minimum Gasteiger partial charge on any atom is -0.496 e. The van der Waals surface area contributed by atoms with Crippen molar-refractivity contribution in [2.24, 2.45) is 0 Å². The number of para-hydroxylation sites is 1. The van der Waals surface area contributed by atoms with Gasteiger partial charge in [0.25, 0.3) is 0 Å². The van der Waals surface area contributed by atoms with Crippen molar-refractivity contribution in [3.05, 3.63) is 29.8 Å². The fourth-order valence-electron chi connectivity index (χ4n) is 2.61. The van der Waals surface area contributed by atoms with Crippen molar-refractivity contribution in [1.82, 2.24) is 4.90 Å². The molecule has 0 aliphatic heterocycles. The largest absolute Gasteiger partial charge is 0.496 e. The maximum Gasteiger partial charge on any atom is 0.134 e. The number of Topliss-reactive ketones (excluding diaryl/α,β-unsaturated/α-hetero) is 1. The molecule has 0 saturated heterocycles. The molecule has 1 atom stereocenters. The second kappa shape index (κ2) is 6.01. The molecule has 0 aromatic heterocycles. The minimum absolute atomic E-state index is 0.385. The summed E-state index contributed by atoms with van der Waals surface area (Å²) in [6.45, 7) is 0.835. The van der Waals surface area contributed by atoms with Gasteiger partial charge >= 0.3 is 0 Å². The summed E-state index contributed by atoms with van der Waals surface area (Å²) in [6.07, 6.45) is 3.61. The molecule has 1 unspecified atom stereocenters. The standard InChI is InChI=1S/C15H21NO2/c1-16(13-7-5-8-14(17)10-13)11-12-6-3-4-9-15(12)18-2/h3-4,6,9,13H,5,7-8,10-11H2,1-2H3. The minimum atomic E-state index is 0.385. The van der Waals surface area contributed by atoms with Gasteiger partial charge in [0.05, 0.1) is 7.11 Å². The molecule has 1 aromatic carbocycles. The van der Waals surface area contributed by atoms with Crippen LogP contribution in [0.4, 0.5) is 0 Å². The first-order valence-electron chi connectivity index (χ1n) is 6.54. The highest BCUT2D eigenvalue weighted by Crippen LogP contribution is 2.24. The van der Waals surface area contributed by atoms with Crippen molar-refractivity contribution < 1.29 is 9.53 Å². The molecule has 0 amide bonds. The lowest BCUT2D eigenvalue weighted by Crippen LogP contribution is -2.35. The van der Waals surface area contributed by atoms with E-state index in [9.17, 15) is 4.79 Å². The number of hydrogen-bond donors (Lipinski definition) is 0. The van der Waals surface area contributed by atoms with Crippen molar-refractivity contribution in [3.63, 3.8) is 0 Å². The van der Waals surface area contributed by atoms with Crippen LogP contribution in [-0.2, 0) is 11.3 Å². The van der Waals surface area contributed by atoms with Crippen molar-refractivity contribution in [2.75, 3.05) is 14.2 Å². The van der Waals surface area contributed by atoms with Crippen LogP contribution in [0.5, 0.6) is 5.75 Å². The predicted molar refractivity (Wildman–Crippen MR) is 71.7 cm³/mol. The average molecular weight is 247 g/mol. The summed E-state index contributed by atoms with van der Waals surface area (Å²) in [6, 6.07) is 8.45. The van der Waals surface area contributed by atoms with Gasteiger partial charge in [-0.3, -0.25) is 9.69 Å². The third-order valence-electron chi connectivity index (χ3n) is 3.69. The third-order valence-corrected chi connectivity index (χ3v) is 3.69. The quantitative estimate of drug-likeness (QED) is 0.819. The Hall–Kier alpha value is -1.35. The lowest BCUT2D eigenvalue weighted by atomic mass is 9.93. The number of hydrogen-bond acceptors (Lipinski definition) is 3. The molecular formula is C15H21NO2. The van der Waals surface area contributed by atoms with Gasteiger partial charge in [0.15, 0.2) is 0 Å². The summed E-state index contributed by atoms with van der Waals surface area (Å²) < 4.78 is 5.36. The Bertz CT molecular complexity index is 417. The first-order chi connectivity index (χ1) is 8.70. The molecular weight excluding hydrogens is 226 g/mol. The SMILES string of the molecule is COc1ccccc1CN(C)C1CCCC(=O)C1. The van der Waals surface area contributed by atoms with Crippen LogP contribution in [0.3, 0.4) is 0 Å². The zero-order valence-corrected chi connectivity index (χ0v) is 11.2. The van der Waals surface area contributed by atoms with Gasteiger partial charge in [0, 0.05) is 31.0 Å². The second-order valence-electron chi connectivity index (χ2n) is 5.02. The summed E-state index contributed by atoms with van der Waals surface area (Å²) in [5.41, 5.74) is 1.18. The Kier molecular flexibility index (Phi) is 4.37. The first-order valence-corrected chi connectivity index (χ1v) is 6.54. The highest BCUT2D eigenvalue weighted by Gasteiger charge is 2.23. The molecule has 0 N–H and O–H groups in total. The number of rotatable bonds is 4. The van der Waals surface area contributed by atoms with Gasteiger partial charge in [-0.25, -0.2) is 0 Å². The number of benzene rings is 1. The van der Waals surface area contributed by atoms with Crippen LogP contribution >= 0.6 is 0 Å². The molecule has 1 aromatic rings. The molecule has 0 bridgehead atoms. The third kappa shape index (κ3) is 3.10. The van der Waals surface area contributed by atoms with Gasteiger partial charge < -0.3 is 4.74 Å². The number of ether oxygens (including phenoxy) is 1. The Labute approximate surface area is 109 Å². The zero-order valence-electron chi connectivity index (χ0n) is 11.2. The zero-order chi connectivity index (χ0) is 13.0. The average Bonchev–Trinajstić information content (AvgIpc) is 2.39. The topological polar surface area (TPSA) is 29.5 Å². The normalized spacial score (nSPS) is 20.2. The Morgan fingerprint density at radius 1 is 1.39 bits per heavy atom. The molecule has 98 valence electrons. The van der Waals surface area contributed by atoms with Gasteiger partial charge in [-0.15, -0.1) is 0 Å². The van der Waals surface area contributed by atoms with E-state index in [0.717, 1.165) is 31.6 Å². The number of carbonyl (C=O) groups excluding carboxylic acids is 1. The fraction of sp³-hybridized carbons (Fsp3) is 0.533. The Morgan fingerprint density at radius 3 is 2.89 bits per heavy atom. The maximum atomic E-state index is 11.5. The van der Waals surface area contributed by atoms with Crippen molar-refractivity contribution in [3.8, 4) is 5.75 Å². The number of carbonyl (C=O) groups is 1. The lowest BCUT2D eigenvalue weighted by Gasteiger charge is -2.30. The summed E-state index contributed by atoms with van der Waals surface area (Å²) in [5.74, 6) is 1.32. The van der Waals surface area contributed by atoms with Crippen LogP contribution in [0.1, 0.15) is 31.2 Å². The van der Waals surface area contributed by atoms with E-state index >= 15 is 0 Å². The lowest BCUT2D eigenvalue weighted by molar-refractivity contribution is -0.121. The second-order valence-corrected chi connectivity index (χ2v) is 5.02. The van der Waals surface area contributed by atoms with Crippen LogP contribution in [-0.4, -0.2) is 30.9 Å². The maximum absolute atomic E-state index is 11.5. The predicted octanol–water partition coefficient (Wildman–Crippen LogP) is 2.64. The summed E-state index contributed by atoms with van der Waals surface area (Å²) >= 11 is 0. The van der Waals surface area contributed by atoms with Crippen LogP contribution < -0.4 is 4.74 Å². The van der Waals surface area contributed by atoms with Crippen LogP contribution in [0, 0.1) is 0 Å². The van der Waals surface area contributed by atoms with Gasteiger partial charge in [-0.05, 0) is 26.0 Å². The fourth-order valence-corrected chi connectivity index (χ4v) is 2.61. The smallest absolute Gasteiger partial charge is 0.134 e. The molecule has 0 spiro atoms. The molecule has 1 fully saturated rings. The van der Waals surface area contributed by atoms with E-state index < -0.39 is 0 Å². The molecule has 1 aliphatic carbocycles. The van der Waals surface area contributed by atoms with E-state index in [1.807, 2.05) is 18.2 Å². The molecule has 1 aliphatic rings. The summed E-state index contributed by atoms with van der Waals surface area (Å²) in [5, 5.41) is 0. The van der Waals surface area contributed by atoms with E-state index in [-0.39, 0.29) is 0 Å². The number of nitrogens with zero attached hydrogens (tertiary/aromatic N) is 1.